The Kier molecular flexibility index (Phi) is 3.74. The Hall–Kier alpha value is -1.07. The SMILES string of the molecule is Cc1cc(N)cc(S(=O)(=O)N2CCCC3CCCC32)c1C. The van der Waals surface area contributed by atoms with Crippen LogP contribution in [0.3, 0.4) is 0 Å². The molecule has 1 aromatic rings. The molecule has 5 heteroatoms. The fraction of sp³-hybridized carbons (Fsp3) is 0.625. The lowest BCUT2D eigenvalue weighted by molar-refractivity contribution is 0.202. The zero-order valence-electron chi connectivity index (χ0n) is 12.8. The van der Waals surface area contributed by atoms with Gasteiger partial charge < -0.3 is 5.73 Å². The maximum absolute atomic E-state index is 13.1. The van der Waals surface area contributed by atoms with Gasteiger partial charge in [0, 0.05) is 18.3 Å². The van der Waals surface area contributed by atoms with Crippen LogP contribution in [0.1, 0.15) is 43.2 Å². The average molecular weight is 308 g/mol. The number of piperidine rings is 1. The van der Waals surface area contributed by atoms with Crippen molar-refractivity contribution in [3.8, 4) is 0 Å². The molecule has 116 valence electrons. The van der Waals surface area contributed by atoms with Gasteiger partial charge in [0.05, 0.1) is 4.90 Å². The predicted octanol–water partition coefficient (Wildman–Crippen LogP) is 2.84. The Bertz CT molecular complexity index is 654. The summed E-state index contributed by atoms with van der Waals surface area (Å²) in [6.45, 7) is 4.44. The molecule has 4 nitrogen and oxygen atoms in total. The van der Waals surface area contributed by atoms with E-state index in [2.05, 4.69) is 0 Å². The molecular weight excluding hydrogens is 284 g/mol. The fourth-order valence-electron chi connectivity index (χ4n) is 3.95. The van der Waals surface area contributed by atoms with E-state index in [9.17, 15) is 8.42 Å². The van der Waals surface area contributed by atoms with Crippen molar-refractivity contribution in [1.82, 2.24) is 4.31 Å². The molecule has 2 aliphatic rings. The highest BCUT2D eigenvalue weighted by molar-refractivity contribution is 7.89. The summed E-state index contributed by atoms with van der Waals surface area (Å²) in [5.41, 5.74) is 8.16. The minimum absolute atomic E-state index is 0.199. The molecule has 1 saturated carbocycles. The van der Waals surface area contributed by atoms with Crippen molar-refractivity contribution in [2.24, 2.45) is 5.92 Å². The van der Waals surface area contributed by atoms with Crippen LogP contribution in [-0.2, 0) is 10.0 Å². The highest BCUT2D eigenvalue weighted by Crippen LogP contribution is 2.40. The quantitative estimate of drug-likeness (QED) is 0.855. The third-order valence-corrected chi connectivity index (χ3v) is 7.22. The van der Waals surface area contributed by atoms with Gasteiger partial charge in [0.15, 0.2) is 0 Å². The van der Waals surface area contributed by atoms with Crippen LogP contribution in [0, 0.1) is 19.8 Å². The van der Waals surface area contributed by atoms with Crippen LogP contribution in [0.4, 0.5) is 5.69 Å². The first kappa shape index (κ1) is 14.9. The van der Waals surface area contributed by atoms with E-state index < -0.39 is 10.0 Å². The summed E-state index contributed by atoms with van der Waals surface area (Å²) in [5.74, 6) is 0.552. The topological polar surface area (TPSA) is 63.4 Å². The van der Waals surface area contributed by atoms with Gasteiger partial charge in [-0.25, -0.2) is 8.42 Å². The van der Waals surface area contributed by atoms with Crippen molar-refractivity contribution in [2.75, 3.05) is 12.3 Å². The van der Waals surface area contributed by atoms with E-state index in [1.165, 1.54) is 12.8 Å². The normalized spacial score (nSPS) is 26.8. The Morgan fingerprint density at radius 1 is 1.14 bits per heavy atom. The lowest BCUT2D eigenvalue weighted by Crippen LogP contribution is -2.46. The van der Waals surface area contributed by atoms with Crippen molar-refractivity contribution in [3.63, 3.8) is 0 Å². The number of fused-ring (bicyclic) bond motifs is 1. The number of hydrogen-bond acceptors (Lipinski definition) is 3. The summed E-state index contributed by atoms with van der Waals surface area (Å²) in [6, 6.07) is 3.66. The minimum atomic E-state index is -3.44. The van der Waals surface area contributed by atoms with Crippen molar-refractivity contribution < 1.29 is 8.42 Å². The summed E-state index contributed by atoms with van der Waals surface area (Å²) in [6.07, 6.45) is 5.47. The second-order valence-electron chi connectivity index (χ2n) is 6.48. The highest BCUT2D eigenvalue weighted by Gasteiger charge is 2.41. The van der Waals surface area contributed by atoms with Crippen LogP contribution in [0.15, 0.2) is 17.0 Å². The van der Waals surface area contributed by atoms with Crippen LogP contribution in [-0.4, -0.2) is 25.3 Å². The first-order valence-corrected chi connectivity index (χ1v) is 9.24. The average Bonchev–Trinajstić information content (AvgIpc) is 2.90. The first-order valence-electron chi connectivity index (χ1n) is 7.80. The molecule has 1 heterocycles. The van der Waals surface area contributed by atoms with Crippen LogP contribution in [0.5, 0.6) is 0 Å². The molecule has 2 unspecified atom stereocenters. The van der Waals surface area contributed by atoms with Gasteiger partial charge >= 0.3 is 0 Å². The minimum Gasteiger partial charge on any atom is -0.399 e. The molecule has 1 aromatic carbocycles. The third kappa shape index (κ3) is 2.46. The second-order valence-corrected chi connectivity index (χ2v) is 8.34. The van der Waals surface area contributed by atoms with E-state index in [0.717, 1.165) is 30.4 Å². The van der Waals surface area contributed by atoms with Gasteiger partial charge in [-0.2, -0.15) is 4.31 Å². The number of benzene rings is 1. The number of anilines is 1. The molecule has 2 fully saturated rings. The Morgan fingerprint density at radius 2 is 1.86 bits per heavy atom. The molecular formula is C16H24N2O2S. The van der Waals surface area contributed by atoms with Gasteiger partial charge in [0.1, 0.15) is 0 Å². The van der Waals surface area contributed by atoms with E-state index >= 15 is 0 Å². The molecule has 0 radical (unpaired) electrons. The molecule has 1 aliphatic carbocycles. The van der Waals surface area contributed by atoms with Crippen molar-refractivity contribution in [2.45, 2.75) is 56.9 Å². The number of nitrogens with zero attached hydrogens (tertiary/aromatic N) is 1. The molecule has 21 heavy (non-hydrogen) atoms. The molecule has 3 rings (SSSR count). The maximum atomic E-state index is 13.1. The van der Waals surface area contributed by atoms with E-state index in [1.54, 1.807) is 10.4 Å². The summed E-state index contributed by atoms with van der Waals surface area (Å²) in [4.78, 5) is 0.396. The van der Waals surface area contributed by atoms with Crippen LogP contribution in [0.25, 0.3) is 0 Å². The second kappa shape index (κ2) is 5.29. The largest absolute Gasteiger partial charge is 0.399 e. The Morgan fingerprint density at radius 3 is 2.62 bits per heavy atom. The van der Waals surface area contributed by atoms with E-state index in [1.807, 2.05) is 19.9 Å². The molecule has 1 saturated heterocycles. The smallest absolute Gasteiger partial charge is 0.243 e. The standard InChI is InChI=1S/C16H24N2O2S/c1-11-9-14(17)10-16(12(11)2)21(19,20)18-8-4-6-13-5-3-7-15(13)18/h9-10,13,15H,3-8,17H2,1-2H3. The lowest BCUT2D eigenvalue weighted by atomic mass is 9.94. The number of nitrogens with two attached hydrogens (primary N) is 1. The highest BCUT2D eigenvalue weighted by atomic mass is 32.2. The van der Waals surface area contributed by atoms with Gasteiger partial charge in [-0.1, -0.05) is 6.42 Å². The van der Waals surface area contributed by atoms with E-state index in [4.69, 9.17) is 5.73 Å². The van der Waals surface area contributed by atoms with E-state index in [-0.39, 0.29) is 6.04 Å². The van der Waals surface area contributed by atoms with Crippen LogP contribution >= 0.6 is 0 Å². The molecule has 0 aromatic heterocycles. The summed E-state index contributed by atoms with van der Waals surface area (Å²) in [5, 5.41) is 0. The summed E-state index contributed by atoms with van der Waals surface area (Å²) < 4.78 is 28.0. The van der Waals surface area contributed by atoms with Crippen molar-refractivity contribution >= 4 is 15.7 Å². The van der Waals surface area contributed by atoms with Crippen molar-refractivity contribution in [1.29, 1.82) is 0 Å². The molecule has 0 amide bonds. The lowest BCUT2D eigenvalue weighted by Gasteiger charge is -2.37. The van der Waals surface area contributed by atoms with Gasteiger partial charge in [0.25, 0.3) is 0 Å². The number of hydrogen-bond donors (Lipinski definition) is 1. The number of nitrogen functional groups attached to an aromatic ring is 1. The maximum Gasteiger partial charge on any atom is 0.243 e. The zero-order valence-corrected chi connectivity index (χ0v) is 13.6. The Balaban J connectivity index is 2.04. The zero-order chi connectivity index (χ0) is 15.2. The van der Waals surface area contributed by atoms with Crippen LogP contribution in [0.2, 0.25) is 0 Å². The van der Waals surface area contributed by atoms with Crippen LogP contribution < -0.4 is 5.73 Å². The molecule has 1 aliphatic heterocycles. The van der Waals surface area contributed by atoms with Gasteiger partial charge in [0.2, 0.25) is 10.0 Å². The van der Waals surface area contributed by atoms with Gasteiger partial charge in [-0.05, 0) is 68.7 Å². The number of sulfonamides is 1. The van der Waals surface area contributed by atoms with Crippen molar-refractivity contribution in [3.05, 3.63) is 23.3 Å². The first-order chi connectivity index (χ1) is 9.91. The molecule has 0 spiro atoms. The summed E-state index contributed by atoms with van der Waals surface area (Å²) in [7, 11) is -3.44. The van der Waals surface area contributed by atoms with Gasteiger partial charge in [-0.3, -0.25) is 0 Å². The predicted molar refractivity (Wildman–Crippen MR) is 84.6 cm³/mol. The fourth-order valence-corrected chi connectivity index (χ4v) is 6.04. The van der Waals surface area contributed by atoms with E-state index in [0.29, 0.717) is 23.0 Å². The molecule has 2 N–H and O–H groups in total. The molecule has 2 atom stereocenters. The monoisotopic (exact) mass is 308 g/mol. The van der Waals surface area contributed by atoms with Gasteiger partial charge in [-0.15, -0.1) is 0 Å². The number of aryl methyl sites for hydroxylation is 1. The number of rotatable bonds is 2. The molecule has 0 bridgehead atoms. The Labute approximate surface area is 127 Å². The third-order valence-electron chi connectivity index (χ3n) is 5.17. The summed E-state index contributed by atoms with van der Waals surface area (Å²) >= 11 is 0.